The van der Waals surface area contributed by atoms with Crippen molar-refractivity contribution in [2.24, 2.45) is 0 Å². The number of carboxylic acid groups (broad SMARTS) is 1. The first-order valence-corrected chi connectivity index (χ1v) is 5.48. The van der Waals surface area contributed by atoms with Crippen molar-refractivity contribution < 1.29 is 9.90 Å². The number of rotatable bonds is 5. The molecular formula is C13H19NO2. The Morgan fingerprint density at radius 3 is 2.56 bits per heavy atom. The quantitative estimate of drug-likeness (QED) is 0.800. The molecule has 16 heavy (non-hydrogen) atoms. The number of hydrogen-bond acceptors (Lipinski definition) is 2. The number of likely N-dealkylation sites (N-methyl/N-ethyl adjacent to an activating group) is 1. The Morgan fingerprint density at radius 1 is 1.38 bits per heavy atom. The van der Waals surface area contributed by atoms with Gasteiger partial charge in [-0.05, 0) is 37.6 Å². The minimum atomic E-state index is -0.751. The van der Waals surface area contributed by atoms with Gasteiger partial charge in [-0.15, -0.1) is 0 Å². The Kier molecular flexibility index (Phi) is 4.50. The normalized spacial score (nSPS) is 12.4. The summed E-state index contributed by atoms with van der Waals surface area (Å²) in [7, 11) is 1.84. The molecule has 1 unspecified atom stereocenters. The number of aryl methyl sites for hydroxylation is 2. The minimum absolute atomic E-state index is 0.0433. The van der Waals surface area contributed by atoms with E-state index in [-0.39, 0.29) is 12.3 Å². The van der Waals surface area contributed by atoms with E-state index in [4.69, 9.17) is 5.11 Å². The Labute approximate surface area is 96.5 Å². The molecule has 3 nitrogen and oxygen atoms in total. The molecule has 0 aliphatic carbocycles. The van der Waals surface area contributed by atoms with Gasteiger partial charge in [0.05, 0.1) is 6.42 Å². The van der Waals surface area contributed by atoms with Crippen LogP contribution in [0.3, 0.4) is 0 Å². The van der Waals surface area contributed by atoms with Crippen LogP contribution in [0.2, 0.25) is 0 Å². The molecule has 0 heterocycles. The van der Waals surface area contributed by atoms with Gasteiger partial charge in [-0.2, -0.15) is 0 Å². The molecule has 0 fully saturated rings. The predicted octanol–water partition coefficient (Wildman–Crippen LogP) is 2.08. The predicted molar refractivity (Wildman–Crippen MR) is 64.8 cm³/mol. The third-order valence-electron chi connectivity index (χ3n) is 2.87. The first kappa shape index (κ1) is 12.7. The summed E-state index contributed by atoms with van der Waals surface area (Å²) in [5, 5.41) is 11.9. The van der Waals surface area contributed by atoms with E-state index in [1.165, 1.54) is 11.1 Å². The lowest BCUT2D eigenvalue weighted by Crippen LogP contribution is -2.20. The van der Waals surface area contributed by atoms with Crippen LogP contribution in [0.15, 0.2) is 18.2 Å². The molecule has 0 bridgehead atoms. The van der Waals surface area contributed by atoms with E-state index in [1.54, 1.807) is 0 Å². The summed E-state index contributed by atoms with van der Waals surface area (Å²) >= 11 is 0. The third-order valence-corrected chi connectivity index (χ3v) is 2.87. The van der Waals surface area contributed by atoms with Gasteiger partial charge in [0.15, 0.2) is 0 Å². The van der Waals surface area contributed by atoms with Gasteiger partial charge in [-0.3, -0.25) is 4.79 Å². The summed E-state index contributed by atoms with van der Waals surface area (Å²) in [6.07, 6.45) is 0.170. The van der Waals surface area contributed by atoms with Crippen LogP contribution in [-0.4, -0.2) is 24.7 Å². The lowest BCUT2D eigenvalue weighted by molar-refractivity contribution is -0.137. The highest BCUT2D eigenvalue weighted by molar-refractivity contribution is 5.68. The molecule has 2 N–H and O–H groups in total. The molecule has 0 aliphatic heterocycles. The number of carbonyl (C=O) groups is 1. The van der Waals surface area contributed by atoms with E-state index in [2.05, 4.69) is 31.3 Å². The molecule has 0 amide bonds. The first-order valence-electron chi connectivity index (χ1n) is 5.48. The molecule has 1 aromatic carbocycles. The van der Waals surface area contributed by atoms with Crippen LogP contribution in [0.5, 0.6) is 0 Å². The van der Waals surface area contributed by atoms with E-state index in [0.717, 1.165) is 5.56 Å². The first-order chi connectivity index (χ1) is 7.54. The second-order valence-corrected chi connectivity index (χ2v) is 4.20. The summed E-state index contributed by atoms with van der Waals surface area (Å²) in [5.74, 6) is -0.708. The molecule has 0 spiro atoms. The Hall–Kier alpha value is -1.35. The van der Waals surface area contributed by atoms with Gasteiger partial charge in [0.1, 0.15) is 0 Å². The molecule has 0 aromatic heterocycles. The zero-order valence-electron chi connectivity index (χ0n) is 10.1. The lowest BCUT2D eigenvalue weighted by Gasteiger charge is -2.16. The summed E-state index contributed by atoms with van der Waals surface area (Å²) < 4.78 is 0. The Morgan fingerprint density at radius 2 is 2.06 bits per heavy atom. The molecule has 0 radical (unpaired) electrons. The fourth-order valence-corrected chi connectivity index (χ4v) is 1.78. The zero-order chi connectivity index (χ0) is 12.1. The summed E-state index contributed by atoms with van der Waals surface area (Å²) in [6, 6.07) is 6.16. The zero-order valence-corrected chi connectivity index (χ0v) is 10.1. The van der Waals surface area contributed by atoms with Crippen molar-refractivity contribution in [3.63, 3.8) is 0 Å². The maximum absolute atomic E-state index is 10.8. The van der Waals surface area contributed by atoms with E-state index >= 15 is 0 Å². The van der Waals surface area contributed by atoms with Gasteiger partial charge in [-0.1, -0.05) is 18.2 Å². The molecule has 1 rings (SSSR count). The number of carboxylic acids is 1. The van der Waals surface area contributed by atoms with Gasteiger partial charge < -0.3 is 10.4 Å². The standard InChI is InChI=1S/C13H19NO2/c1-9-4-5-11(6-10(9)2)12(8-14-3)7-13(15)16/h4-6,12,14H,7-8H2,1-3H3,(H,15,16). The molecule has 88 valence electrons. The monoisotopic (exact) mass is 221 g/mol. The Balaban J connectivity index is 2.91. The minimum Gasteiger partial charge on any atom is -0.481 e. The van der Waals surface area contributed by atoms with Gasteiger partial charge in [0.25, 0.3) is 0 Å². The fraction of sp³-hybridized carbons (Fsp3) is 0.462. The number of benzene rings is 1. The van der Waals surface area contributed by atoms with Crippen molar-refractivity contribution in [2.45, 2.75) is 26.2 Å². The molecule has 1 atom stereocenters. The smallest absolute Gasteiger partial charge is 0.304 e. The van der Waals surface area contributed by atoms with Crippen molar-refractivity contribution >= 4 is 5.97 Å². The highest BCUT2D eigenvalue weighted by Crippen LogP contribution is 2.21. The highest BCUT2D eigenvalue weighted by Gasteiger charge is 2.15. The van der Waals surface area contributed by atoms with Crippen molar-refractivity contribution in [3.8, 4) is 0 Å². The number of nitrogens with one attached hydrogen (secondary N) is 1. The molecule has 0 saturated heterocycles. The van der Waals surface area contributed by atoms with E-state index < -0.39 is 5.97 Å². The van der Waals surface area contributed by atoms with Crippen molar-refractivity contribution in [1.29, 1.82) is 0 Å². The molecule has 3 heteroatoms. The summed E-state index contributed by atoms with van der Waals surface area (Å²) in [4.78, 5) is 10.8. The van der Waals surface area contributed by atoms with Crippen LogP contribution in [0.25, 0.3) is 0 Å². The summed E-state index contributed by atoms with van der Waals surface area (Å²) in [6.45, 7) is 4.80. The van der Waals surface area contributed by atoms with Crippen LogP contribution < -0.4 is 5.32 Å². The second kappa shape index (κ2) is 5.66. The van der Waals surface area contributed by atoms with Crippen LogP contribution in [0.1, 0.15) is 29.0 Å². The second-order valence-electron chi connectivity index (χ2n) is 4.20. The lowest BCUT2D eigenvalue weighted by atomic mass is 9.93. The fourth-order valence-electron chi connectivity index (χ4n) is 1.78. The van der Waals surface area contributed by atoms with Crippen LogP contribution in [0, 0.1) is 13.8 Å². The molecule has 1 aromatic rings. The van der Waals surface area contributed by atoms with Crippen LogP contribution in [0.4, 0.5) is 0 Å². The van der Waals surface area contributed by atoms with E-state index in [0.29, 0.717) is 6.54 Å². The molecular weight excluding hydrogens is 202 g/mol. The Bertz CT molecular complexity index is 374. The van der Waals surface area contributed by atoms with Crippen LogP contribution >= 0.6 is 0 Å². The topological polar surface area (TPSA) is 49.3 Å². The largest absolute Gasteiger partial charge is 0.481 e. The molecule has 0 saturated carbocycles. The summed E-state index contributed by atoms with van der Waals surface area (Å²) in [5.41, 5.74) is 3.55. The van der Waals surface area contributed by atoms with E-state index in [9.17, 15) is 4.79 Å². The van der Waals surface area contributed by atoms with Crippen LogP contribution in [-0.2, 0) is 4.79 Å². The van der Waals surface area contributed by atoms with Crippen molar-refractivity contribution in [3.05, 3.63) is 34.9 Å². The van der Waals surface area contributed by atoms with Gasteiger partial charge >= 0.3 is 5.97 Å². The SMILES string of the molecule is CNCC(CC(=O)O)c1ccc(C)c(C)c1. The highest BCUT2D eigenvalue weighted by atomic mass is 16.4. The van der Waals surface area contributed by atoms with Crippen molar-refractivity contribution in [2.75, 3.05) is 13.6 Å². The molecule has 0 aliphatic rings. The van der Waals surface area contributed by atoms with E-state index in [1.807, 2.05) is 13.1 Å². The van der Waals surface area contributed by atoms with Gasteiger partial charge in [0, 0.05) is 12.5 Å². The van der Waals surface area contributed by atoms with Gasteiger partial charge in [-0.25, -0.2) is 0 Å². The third kappa shape index (κ3) is 3.35. The van der Waals surface area contributed by atoms with Gasteiger partial charge in [0.2, 0.25) is 0 Å². The maximum atomic E-state index is 10.8. The maximum Gasteiger partial charge on any atom is 0.304 e. The number of aliphatic carboxylic acids is 1. The van der Waals surface area contributed by atoms with Crippen molar-refractivity contribution in [1.82, 2.24) is 5.32 Å². The number of hydrogen-bond donors (Lipinski definition) is 2. The average Bonchev–Trinajstić information content (AvgIpc) is 2.21. The average molecular weight is 221 g/mol.